The second-order valence-corrected chi connectivity index (χ2v) is 12.1. The molecular formula is C29H33Cl2N3O4S. The molecule has 0 saturated heterocycles. The Hall–Kier alpha value is -3.07. The van der Waals surface area contributed by atoms with E-state index in [1.54, 1.807) is 42.5 Å². The lowest BCUT2D eigenvalue weighted by Crippen LogP contribution is -2.54. The SMILES string of the molecule is CC[C@@H](C)NC(=O)[C@H](Cc1ccccc1)N(Cc1ccc(Cl)cc1)C(=O)CN(c1ccccc1Cl)S(C)(=O)=O. The number of para-hydroxylation sites is 1. The second-order valence-electron chi connectivity index (χ2n) is 9.39. The van der Waals surface area contributed by atoms with Crippen LogP contribution in [0.4, 0.5) is 5.69 Å². The monoisotopic (exact) mass is 589 g/mol. The van der Waals surface area contributed by atoms with E-state index in [1.165, 1.54) is 11.0 Å². The first-order chi connectivity index (χ1) is 18.5. The van der Waals surface area contributed by atoms with Crippen LogP contribution in [0.5, 0.6) is 0 Å². The van der Waals surface area contributed by atoms with Crippen molar-refractivity contribution >= 4 is 50.7 Å². The Kier molecular flexibility index (Phi) is 10.8. The molecule has 0 aliphatic carbocycles. The highest BCUT2D eigenvalue weighted by Gasteiger charge is 2.33. The average molecular weight is 591 g/mol. The highest BCUT2D eigenvalue weighted by Crippen LogP contribution is 2.28. The van der Waals surface area contributed by atoms with Crippen LogP contribution in [0, 0.1) is 0 Å². The quantitative estimate of drug-likeness (QED) is 0.310. The Morgan fingerprint density at radius 1 is 0.897 bits per heavy atom. The highest BCUT2D eigenvalue weighted by molar-refractivity contribution is 7.92. The highest BCUT2D eigenvalue weighted by atomic mass is 35.5. The third-order valence-corrected chi connectivity index (χ3v) is 8.04. The Labute approximate surface area is 240 Å². The van der Waals surface area contributed by atoms with Crippen molar-refractivity contribution in [3.63, 3.8) is 0 Å². The lowest BCUT2D eigenvalue weighted by Gasteiger charge is -2.34. The Morgan fingerprint density at radius 3 is 2.10 bits per heavy atom. The van der Waals surface area contributed by atoms with Crippen LogP contribution in [0.3, 0.4) is 0 Å². The van der Waals surface area contributed by atoms with Crippen molar-refractivity contribution < 1.29 is 18.0 Å². The Balaban J connectivity index is 2.06. The fourth-order valence-corrected chi connectivity index (χ4v) is 5.31. The number of amides is 2. The van der Waals surface area contributed by atoms with E-state index in [1.807, 2.05) is 44.2 Å². The van der Waals surface area contributed by atoms with Crippen LogP contribution in [0.15, 0.2) is 78.9 Å². The molecule has 0 bridgehead atoms. The zero-order valence-electron chi connectivity index (χ0n) is 22.2. The van der Waals surface area contributed by atoms with Crippen molar-refractivity contribution in [2.75, 3.05) is 17.1 Å². The molecule has 3 aromatic rings. The summed E-state index contributed by atoms with van der Waals surface area (Å²) in [5.74, 6) is -0.866. The zero-order chi connectivity index (χ0) is 28.6. The summed E-state index contributed by atoms with van der Waals surface area (Å²) in [6.07, 6.45) is 1.97. The summed E-state index contributed by atoms with van der Waals surface area (Å²) in [6, 6.07) is 21.8. The molecule has 0 heterocycles. The largest absolute Gasteiger partial charge is 0.352 e. The topological polar surface area (TPSA) is 86.8 Å². The Bertz CT molecular complexity index is 1370. The number of anilines is 1. The molecule has 0 aliphatic rings. The molecule has 2 amide bonds. The Morgan fingerprint density at radius 2 is 1.51 bits per heavy atom. The van der Waals surface area contributed by atoms with Crippen LogP contribution >= 0.6 is 23.2 Å². The molecule has 1 N–H and O–H groups in total. The predicted octanol–water partition coefficient (Wildman–Crippen LogP) is 5.31. The number of nitrogens with one attached hydrogen (secondary N) is 1. The van der Waals surface area contributed by atoms with E-state index in [0.29, 0.717) is 11.4 Å². The van der Waals surface area contributed by atoms with Crippen molar-refractivity contribution in [1.82, 2.24) is 10.2 Å². The molecule has 3 aromatic carbocycles. The van der Waals surface area contributed by atoms with Gasteiger partial charge in [-0.05, 0) is 48.7 Å². The first-order valence-corrected chi connectivity index (χ1v) is 15.2. The number of benzene rings is 3. The number of nitrogens with zero attached hydrogens (tertiary/aromatic N) is 2. The van der Waals surface area contributed by atoms with Gasteiger partial charge in [-0.15, -0.1) is 0 Å². The molecule has 0 spiro atoms. The standard InChI is InChI=1S/C29H33Cl2N3O4S/c1-4-21(2)32-29(36)27(18-22-10-6-5-7-11-22)33(19-23-14-16-24(30)17-15-23)28(35)20-34(39(3,37)38)26-13-9-8-12-25(26)31/h5-17,21,27H,4,18-20H2,1-3H3,(H,32,36)/t21-,27+/m1/s1. The van der Waals surface area contributed by atoms with Gasteiger partial charge in [-0.1, -0.05) is 84.7 Å². The van der Waals surface area contributed by atoms with E-state index in [4.69, 9.17) is 23.2 Å². The lowest BCUT2D eigenvalue weighted by molar-refractivity contribution is -0.140. The van der Waals surface area contributed by atoms with Gasteiger partial charge in [-0.25, -0.2) is 8.42 Å². The summed E-state index contributed by atoms with van der Waals surface area (Å²) < 4.78 is 26.6. The van der Waals surface area contributed by atoms with Gasteiger partial charge < -0.3 is 10.2 Å². The number of halogens is 2. The van der Waals surface area contributed by atoms with Crippen molar-refractivity contribution in [1.29, 1.82) is 0 Å². The number of rotatable bonds is 12. The molecular weight excluding hydrogens is 557 g/mol. The van der Waals surface area contributed by atoms with Gasteiger partial charge in [0.25, 0.3) is 0 Å². The van der Waals surface area contributed by atoms with Gasteiger partial charge in [0.05, 0.1) is 17.0 Å². The fraction of sp³-hybridized carbons (Fsp3) is 0.310. The molecule has 0 aromatic heterocycles. The van der Waals surface area contributed by atoms with E-state index in [0.717, 1.165) is 21.7 Å². The number of carbonyl (C=O) groups excluding carboxylic acids is 2. The maximum atomic E-state index is 14.0. The smallest absolute Gasteiger partial charge is 0.244 e. The van der Waals surface area contributed by atoms with Gasteiger partial charge in [0.15, 0.2) is 0 Å². The average Bonchev–Trinajstić information content (AvgIpc) is 2.90. The summed E-state index contributed by atoms with van der Waals surface area (Å²) >= 11 is 12.4. The fourth-order valence-electron chi connectivity index (χ4n) is 4.03. The number of hydrogen-bond donors (Lipinski definition) is 1. The molecule has 0 fully saturated rings. The molecule has 3 rings (SSSR count). The van der Waals surface area contributed by atoms with Crippen LogP contribution in [0.1, 0.15) is 31.4 Å². The maximum absolute atomic E-state index is 14.0. The minimum absolute atomic E-state index is 0.0710. The number of sulfonamides is 1. The van der Waals surface area contributed by atoms with Gasteiger partial charge in [-0.2, -0.15) is 0 Å². The molecule has 0 unspecified atom stereocenters. The van der Waals surface area contributed by atoms with Crippen LogP contribution in [0.2, 0.25) is 10.0 Å². The van der Waals surface area contributed by atoms with Gasteiger partial charge in [0.2, 0.25) is 21.8 Å². The molecule has 39 heavy (non-hydrogen) atoms. The second kappa shape index (κ2) is 13.8. The summed E-state index contributed by atoms with van der Waals surface area (Å²) in [6.45, 7) is 3.40. The van der Waals surface area contributed by atoms with Crippen LogP contribution in [0.25, 0.3) is 0 Å². The van der Waals surface area contributed by atoms with E-state index in [9.17, 15) is 18.0 Å². The summed E-state index contributed by atoms with van der Waals surface area (Å²) in [5, 5.41) is 3.72. The minimum atomic E-state index is -3.89. The van der Waals surface area contributed by atoms with E-state index in [2.05, 4.69) is 5.32 Å². The minimum Gasteiger partial charge on any atom is -0.352 e. The number of hydrogen-bond acceptors (Lipinski definition) is 4. The first-order valence-electron chi connectivity index (χ1n) is 12.6. The van der Waals surface area contributed by atoms with Gasteiger partial charge in [-0.3, -0.25) is 13.9 Å². The third-order valence-electron chi connectivity index (χ3n) is 6.34. The molecule has 2 atom stereocenters. The van der Waals surface area contributed by atoms with Crippen molar-refractivity contribution in [3.8, 4) is 0 Å². The van der Waals surface area contributed by atoms with E-state index >= 15 is 0 Å². The van der Waals surface area contributed by atoms with E-state index in [-0.39, 0.29) is 35.6 Å². The first kappa shape index (κ1) is 30.5. The molecule has 10 heteroatoms. The van der Waals surface area contributed by atoms with Crippen molar-refractivity contribution in [2.45, 2.75) is 45.3 Å². The van der Waals surface area contributed by atoms with Crippen molar-refractivity contribution in [2.24, 2.45) is 0 Å². The lowest BCUT2D eigenvalue weighted by atomic mass is 10.0. The van der Waals surface area contributed by atoms with Gasteiger partial charge in [0.1, 0.15) is 12.6 Å². The van der Waals surface area contributed by atoms with E-state index < -0.39 is 28.5 Å². The molecule has 7 nitrogen and oxygen atoms in total. The zero-order valence-corrected chi connectivity index (χ0v) is 24.5. The van der Waals surface area contributed by atoms with Gasteiger partial charge >= 0.3 is 0 Å². The third kappa shape index (κ3) is 8.71. The maximum Gasteiger partial charge on any atom is 0.244 e. The van der Waals surface area contributed by atoms with Crippen LogP contribution in [-0.2, 0) is 32.6 Å². The van der Waals surface area contributed by atoms with Crippen LogP contribution < -0.4 is 9.62 Å². The molecule has 0 radical (unpaired) electrons. The number of carbonyl (C=O) groups is 2. The molecule has 0 saturated carbocycles. The predicted molar refractivity (Wildman–Crippen MR) is 157 cm³/mol. The molecule has 208 valence electrons. The van der Waals surface area contributed by atoms with Crippen LogP contribution in [-0.4, -0.2) is 50.0 Å². The van der Waals surface area contributed by atoms with Gasteiger partial charge in [0, 0.05) is 24.0 Å². The summed E-state index contributed by atoms with van der Waals surface area (Å²) in [4.78, 5) is 29.1. The van der Waals surface area contributed by atoms with Crippen molar-refractivity contribution in [3.05, 3.63) is 100 Å². The summed E-state index contributed by atoms with van der Waals surface area (Å²) in [7, 11) is -3.89. The summed E-state index contributed by atoms with van der Waals surface area (Å²) in [5.41, 5.74) is 1.79. The normalized spacial score (nSPS) is 12.8. The molecule has 0 aliphatic heterocycles.